The summed E-state index contributed by atoms with van der Waals surface area (Å²) in [5.74, 6) is 1.87. The Labute approximate surface area is 120 Å². The average molecular weight is 296 g/mol. The third-order valence-electron chi connectivity index (χ3n) is 2.51. The number of carbonyl (C=O) groups is 1. The number of aromatic amines is 1. The maximum absolute atomic E-state index is 11.8. The number of H-pyrrole nitrogens is 1. The van der Waals surface area contributed by atoms with Crippen LogP contribution in [0.1, 0.15) is 23.2 Å². The summed E-state index contributed by atoms with van der Waals surface area (Å²) in [4.78, 5) is 16.1. The van der Waals surface area contributed by atoms with Gasteiger partial charge in [0.1, 0.15) is 5.82 Å². The fraction of sp³-hybridized carbons (Fsp3) is 0.417. The van der Waals surface area contributed by atoms with Gasteiger partial charge in [-0.1, -0.05) is 6.92 Å². The number of hydrogen-bond donors (Lipinski definition) is 2. The minimum Gasteiger partial charge on any atom is -0.310 e. The molecule has 0 atom stereocenters. The Morgan fingerprint density at radius 3 is 3.11 bits per heavy atom. The summed E-state index contributed by atoms with van der Waals surface area (Å²) in [5, 5.41) is 12.6. The van der Waals surface area contributed by atoms with E-state index in [2.05, 4.69) is 20.5 Å². The molecule has 0 saturated heterocycles. The van der Waals surface area contributed by atoms with Crippen LogP contribution in [0.5, 0.6) is 0 Å². The van der Waals surface area contributed by atoms with E-state index >= 15 is 0 Å². The van der Waals surface area contributed by atoms with Crippen molar-refractivity contribution in [3.8, 4) is 0 Å². The lowest BCUT2D eigenvalue weighted by Gasteiger charge is -2.04. The number of thiazole rings is 1. The van der Waals surface area contributed by atoms with Gasteiger partial charge >= 0.3 is 0 Å². The largest absolute Gasteiger partial charge is 0.310 e. The van der Waals surface area contributed by atoms with Crippen LogP contribution < -0.4 is 5.32 Å². The zero-order valence-corrected chi connectivity index (χ0v) is 12.5. The van der Waals surface area contributed by atoms with Crippen LogP contribution in [-0.4, -0.2) is 26.8 Å². The van der Waals surface area contributed by atoms with Crippen LogP contribution in [-0.2, 0) is 17.0 Å². The molecule has 0 fully saturated rings. The molecule has 2 aromatic rings. The highest BCUT2D eigenvalue weighted by Gasteiger charge is 2.08. The fourth-order valence-corrected chi connectivity index (χ4v) is 3.02. The van der Waals surface area contributed by atoms with Gasteiger partial charge in [0.2, 0.25) is 5.91 Å². The molecule has 0 bridgehead atoms. The van der Waals surface area contributed by atoms with Crippen molar-refractivity contribution in [3.63, 3.8) is 0 Å². The minimum atomic E-state index is -0.0177. The molecule has 102 valence electrons. The molecule has 1 amide bonds. The Balaban J connectivity index is 1.76. The summed E-state index contributed by atoms with van der Waals surface area (Å²) in [5.41, 5.74) is 2.06. The first-order valence-electron chi connectivity index (χ1n) is 6.00. The van der Waals surface area contributed by atoms with Crippen LogP contribution in [0.2, 0.25) is 0 Å². The van der Waals surface area contributed by atoms with Gasteiger partial charge < -0.3 is 5.32 Å². The highest BCUT2D eigenvalue weighted by Crippen LogP contribution is 2.16. The molecule has 2 rings (SSSR count). The third kappa shape index (κ3) is 4.07. The van der Waals surface area contributed by atoms with Gasteiger partial charge in [0.15, 0.2) is 0 Å². The summed E-state index contributed by atoms with van der Waals surface area (Å²) >= 11 is 3.19. The van der Waals surface area contributed by atoms with Gasteiger partial charge in [0.25, 0.3) is 0 Å². The lowest BCUT2D eigenvalue weighted by atomic mass is 10.2. The predicted molar refractivity (Wildman–Crippen MR) is 79.6 cm³/mol. The second-order valence-electron chi connectivity index (χ2n) is 4.02. The molecule has 2 heterocycles. The van der Waals surface area contributed by atoms with Crippen LogP contribution in [0.15, 0.2) is 11.6 Å². The minimum absolute atomic E-state index is 0.0177. The number of amides is 1. The van der Waals surface area contributed by atoms with E-state index in [0.29, 0.717) is 11.6 Å². The van der Waals surface area contributed by atoms with Gasteiger partial charge in [-0.25, -0.2) is 4.98 Å². The first-order valence-corrected chi connectivity index (χ1v) is 8.03. The van der Waals surface area contributed by atoms with Crippen LogP contribution in [0.4, 0.5) is 5.82 Å². The number of anilines is 1. The zero-order chi connectivity index (χ0) is 13.7. The van der Waals surface area contributed by atoms with Crippen LogP contribution in [0, 0.1) is 6.92 Å². The normalized spacial score (nSPS) is 10.6. The van der Waals surface area contributed by atoms with Crippen molar-refractivity contribution in [2.45, 2.75) is 26.0 Å². The summed E-state index contributed by atoms with van der Waals surface area (Å²) in [7, 11) is 0. The first-order chi connectivity index (χ1) is 9.19. The molecule has 2 N–H and O–H groups in total. The lowest BCUT2D eigenvalue weighted by Crippen LogP contribution is -2.15. The van der Waals surface area contributed by atoms with E-state index in [9.17, 15) is 4.79 Å². The van der Waals surface area contributed by atoms with Gasteiger partial charge in [-0.2, -0.15) is 5.10 Å². The second kappa shape index (κ2) is 6.72. The maximum atomic E-state index is 11.8. The van der Waals surface area contributed by atoms with E-state index in [1.54, 1.807) is 29.3 Å². The summed E-state index contributed by atoms with van der Waals surface area (Å²) in [6, 6.07) is 0. The van der Waals surface area contributed by atoms with Crippen molar-refractivity contribution in [3.05, 3.63) is 27.8 Å². The average Bonchev–Trinajstić information content (AvgIpc) is 2.98. The number of aromatic nitrogens is 3. The molecular weight excluding hydrogens is 280 g/mol. The molecule has 0 aliphatic rings. The first kappa shape index (κ1) is 14.1. The molecule has 0 aliphatic heterocycles. The van der Waals surface area contributed by atoms with E-state index in [4.69, 9.17) is 0 Å². The standard InChI is InChI=1S/C12H16N4OS2/c1-3-9-4-13-16-12(9)15-11(17)7-18-5-10-6-19-8(2)14-10/h4,6H,3,5,7H2,1-2H3,(H2,13,15,16,17). The van der Waals surface area contributed by atoms with E-state index in [1.165, 1.54) is 0 Å². The van der Waals surface area contributed by atoms with Gasteiger partial charge in [-0.05, 0) is 13.3 Å². The number of rotatable bonds is 6. The van der Waals surface area contributed by atoms with Crippen molar-refractivity contribution in [1.29, 1.82) is 0 Å². The molecule has 7 heteroatoms. The molecule has 0 aromatic carbocycles. The zero-order valence-electron chi connectivity index (χ0n) is 10.9. The van der Waals surface area contributed by atoms with Crippen molar-refractivity contribution in [2.75, 3.05) is 11.1 Å². The predicted octanol–water partition coefficient (Wildman–Crippen LogP) is 2.61. The Kier molecular flexibility index (Phi) is 4.98. The fourth-order valence-electron chi connectivity index (χ4n) is 1.59. The summed E-state index contributed by atoms with van der Waals surface area (Å²) in [6.07, 6.45) is 2.58. The van der Waals surface area contributed by atoms with E-state index < -0.39 is 0 Å². The Hall–Kier alpha value is -1.34. The van der Waals surface area contributed by atoms with Crippen molar-refractivity contribution >= 4 is 34.8 Å². The Morgan fingerprint density at radius 1 is 1.58 bits per heavy atom. The summed E-state index contributed by atoms with van der Waals surface area (Å²) < 4.78 is 0. The van der Waals surface area contributed by atoms with Crippen LogP contribution >= 0.6 is 23.1 Å². The number of hydrogen-bond acceptors (Lipinski definition) is 5. The molecule has 19 heavy (non-hydrogen) atoms. The highest BCUT2D eigenvalue weighted by molar-refractivity contribution is 7.99. The second-order valence-corrected chi connectivity index (χ2v) is 6.07. The van der Waals surface area contributed by atoms with Crippen molar-refractivity contribution in [1.82, 2.24) is 15.2 Å². The molecule has 0 spiro atoms. The third-order valence-corrected chi connectivity index (χ3v) is 4.30. The van der Waals surface area contributed by atoms with Crippen molar-refractivity contribution < 1.29 is 4.79 Å². The van der Waals surface area contributed by atoms with Crippen LogP contribution in [0.3, 0.4) is 0 Å². The number of nitrogens with one attached hydrogen (secondary N) is 2. The Morgan fingerprint density at radius 2 is 2.42 bits per heavy atom. The lowest BCUT2D eigenvalue weighted by molar-refractivity contribution is -0.113. The van der Waals surface area contributed by atoms with Gasteiger partial charge in [-0.15, -0.1) is 23.1 Å². The molecule has 0 aliphatic carbocycles. The number of carbonyl (C=O) groups excluding carboxylic acids is 1. The molecule has 5 nitrogen and oxygen atoms in total. The van der Waals surface area contributed by atoms with Gasteiger partial charge in [-0.3, -0.25) is 9.89 Å². The van der Waals surface area contributed by atoms with Crippen molar-refractivity contribution in [2.24, 2.45) is 0 Å². The molecule has 0 saturated carbocycles. The number of nitrogens with zero attached hydrogens (tertiary/aromatic N) is 2. The van der Waals surface area contributed by atoms with E-state index in [-0.39, 0.29) is 5.91 Å². The number of aryl methyl sites for hydroxylation is 2. The monoisotopic (exact) mass is 296 g/mol. The molecule has 0 radical (unpaired) electrons. The van der Waals surface area contributed by atoms with E-state index in [0.717, 1.165) is 28.4 Å². The molecular formula is C12H16N4OS2. The maximum Gasteiger partial charge on any atom is 0.235 e. The summed E-state index contributed by atoms with van der Waals surface area (Å²) in [6.45, 7) is 4.01. The molecule has 2 aromatic heterocycles. The number of thioether (sulfide) groups is 1. The van der Waals surface area contributed by atoms with E-state index in [1.807, 2.05) is 19.2 Å². The van der Waals surface area contributed by atoms with Gasteiger partial charge in [0, 0.05) is 16.7 Å². The molecule has 0 unspecified atom stereocenters. The SMILES string of the molecule is CCc1cn[nH]c1NC(=O)CSCc1csc(C)n1. The topological polar surface area (TPSA) is 70.7 Å². The Bertz CT molecular complexity index is 549. The van der Waals surface area contributed by atoms with Crippen LogP contribution in [0.25, 0.3) is 0 Å². The highest BCUT2D eigenvalue weighted by atomic mass is 32.2. The quantitative estimate of drug-likeness (QED) is 0.859. The van der Waals surface area contributed by atoms with Gasteiger partial charge in [0.05, 0.1) is 22.7 Å². The smallest absolute Gasteiger partial charge is 0.235 e.